The molecule has 0 amide bonds. The zero-order chi connectivity index (χ0) is 26.0. The number of fused-ring (bicyclic) bond motifs is 1. The van der Waals surface area contributed by atoms with Crippen LogP contribution in [0.25, 0.3) is 0 Å². The first-order valence-electron chi connectivity index (χ1n) is 12.6. The molecule has 3 aromatic rings. The number of pyridine rings is 1. The van der Waals surface area contributed by atoms with Crippen LogP contribution < -0.4 is 20.1 Å². The molecule has 0 saturated carbocycles. The fraction of sp³-hybridized carbons (Fsp3) is 0.379. The number of nitrogens with one attached hydrogen (secondary N) is 2. The van der Waals surface area contributed by atoms with E-state index in [0.717, 1.165) is 55.0 Å². The summed E-state index contributed by atoms with van der Waals surface area (Å²) in [5.74, 6) is 2.85. The minimum atomic E-state index is 0.576. The third-order valence-electron chi connectivity index (χ3n) is 6.59. The Balaban J connectivity index is 1.54. The standard InChI is InChI=1S/C29H35N5O3/c1-35-16-14-32-29-25-20-34(19-22-7-5-4-6-8-22)15-12-23(25)24(18-30)28(33-29)31-13-11-21-9-10-26(36-2)27(17-21)37-3/h4-10,17H,11-16,19-20H2,1-3H3,(H2,31,32,33). The van der Waals surface area contributed by atoms with E-state index in [-0.39, 0.29) is 0 Å². The Morgan fingerprint density at radius 2 is 1.70 bits per heavy atom. The van der Waals surface area contributed by atoms with Gasteiger partial charge in [0.05, 0.1) is 26.4 Å². The van der Waals surface area contributed by atoms with Crippen molar-refractivity contribution in [3.05, 3.63) is 76.3 Å². The van der Waals surface area contributed by atoms with E-state index in [0.29, 0.717) is 42.6 Å². The number of hydrogen-bond donors (Lipinski definition) is 2. The van der Waals surface area contributed by atoms with Crippen molar-refractivity contribution in [3.63, 3.8) is 0 Å². The third-order valence-corrected chi connectivity index (χ3v) is 6.59. The van der Waals surface area contributed by atoms with Crippen LogP contribution in [0.5, 0.6) is 11.5 Å². The highest BCUT2D eigenvalue weighted by atomic mass is 16.5. The van der Waals surface area contributed by atoms with E-state index in [2.05, 4.69) is 45.9 Å². The van der Waals surface area contributed by atoms with Gasteiger partial charge in [-0.05, 0) is 41.7 Å². The highest BCUT2D eigenvalue weighted by Crippen LogP contribution is 2.33. The maximum Gasteiger partial charge on any atom is 0.160 e. The minimum absolute atomic E-state index is 0.576. The van der Waals surface area contributed by atoms with E-state index in [1.54, 1.807) is 21.3 Å². The zero-order valence-electron chi connectivity index (χ0n) is 21.8. The molecule has 8 nitrogen and oxygen atoms in total. The number of benzene rings is 2. The quantitative estimate of drug-likeness (QED) is 0.356. The van der Waals surface area contributed by atoms with Crippen molar-refractivity contribution in [1.29, 1.82) is 5.26 Å². The Morgan fingerprint density at radius 3 is 2.43 bits per heavy atom. The molecular weight excluding hydrogens is 466 g/mol. The number of nitriles is 1. The smallest absolute Gasteiger partial charge is 0.160 e. The van der Waals surface area contributed by atoms with Gasteiger partial charge in [0.25, 0.3) is 0 Å². The van der Waals surface area contributed by atoms with E-state index in [9.17, 15) is 5.26 Å². The monoisotopic (exact) mass is 501 g/mol. The summed E-state index contributed by atoms with van der Waals surface area (Å²) in [4.78, 5) is 7.30. The maximum atomic E-state index is 10.1. The molecule has 0 fully saturated rings. The molecule has 1 aliphatic heterocycles. The van der Waals surface area contributed by atoms with Gasteiger partial charge in [0.1, 0.15) is 17.7 Å². The number of methoxy groups -OCH3 is 3. The van der Waals surface area contributed by atoms with Crippen LogP contribution >= 0.6 is 0 Å². The van der Waals surface area contributed by atoms with Gasteiger partial charge >= 0.3 is 0 Å². The fourth-order valence-electron chi connectivity index (χ4n) is 4.69. The van der Waals surface area contributed by atoms with Crippen molar-refractivity contribution in [1.82, 2.24) is 9.88 Å². The zero-order valence-corrected chi connectivity index (χ0v) is 21.8. The molecule has 0 bridgehead atoms. The Labute approximate surface area is 219 Å². The van der Waals surface area contributed by atoms with Crippen LogP contribution in [0.4, 0.5) is 11.6 Å². The lowest BCUT2D eigenvalue weighted by Gasteiger charge is -2.31. The van der Waals surface area contributed by atoms with Gasteiger partial charge in [0.2, 0.25) is 0 Å². The second-order valence-corrected chi connectivity index (χ2v) is 8.98. The summed E-state index contributed by atoms with van der Waals surface area (Å²) in [5, 5.41) is 17.0. The van der Waals surface area contributed by atoms with Crippen molar-refractivity contribution in [3.8, 4) is 17.6 Å². The van der Waals surface area contributed by atoms with Crippen LogP contribution in [0.1, 0.15) is 27.8 Å². The number of rotatable bonds is 12. The predicted molar refractivity (Wildman–Crippen MR) is 145 cm³/mol. The summed E-state index contributed by atoms with van der Waals surface area (Å²) in [6, 6.07) is 18.8. The summed E-state index contributed by atoms with van der Waals surface area (Å²) in [5.41, 5.74) is 5.20. The topological polar surface area (TPSA) is 91.7 Å². The first kappa shape index (κ1) is 26.3. The number of hydrogen-bond acceptors (Lipinski definition) is 8. The summed E-state index contributed by atoms with van der Waals surface area (Å²) >= 11 is 0. The van der Waals surface area contributed by atoms with Crippen molar-refractivity contribution in [2.45, 2.75) is 25.9 Å². The number of aromatic nitrogens is 1. The molecule has 0 atom stereocenters. The van der Waals surface area contributed by atoms with E-state index in [1.807, 2.05) is 24.3 Å². The number of ether oxygens (including phenoxy) is 3. The average molecular weight is 502 g/mol. The van der Waals surface area contributed by atoms with E-state index < -0.39 is 0 Å². The number of nitrogens with zero attached hydrogens (tertiary/aromatic N) is 3. The average Bonchev–Trinajstić information content (AvgIpc) is 2.93. The summed E-state index contributed by atoms with van der Waals surface area (Å²) in [6.45, 7) is 4.35. The third kappa shape index (κ3) is 6.50. The summed E-state index contributed by atoms with van der Waals surface area (Å²) in [7, 11) is 4.95. The lowest BCUT2D eigenvalue weighted by Crippen LogP contribution is -2.32. The van der Waals surface area contributed by atoms with Crippen molar-refractivity contribution < 1.29 is 14.2 Å². The molecule has 2 heterocycles. The second kappa shape index (κ2) is 12.9. The summed E-state index contributed by atoms with van der Waals surface area (Å²) in [6.07, 6.45) is 1.55. The Hall–Kier alpha value is -3.80. The summed E-state index contributed by atoms with van der Waals surface area (Å²) < 4.78 is 16.0. The highest BCUT2D eigenvalue weighted by molar-refractivity contribution is 5.66. The predicted octanol–water partition coefficient (Wildman–Crippen LogP) is 4.24. The van der Waals surface area contributed by atoms with Gasteiger partial charge in [-0.2, -0.15) is 5.26 Å². The molecule has 4 rings (SSSR count). The van der Waals surface area contributed by atoms with Crippen LogP contribution in [0.3, 0.4) is 0 Å². The highest BCUT2D eigenvalue weighted by Gasteiger charge is 2.25. The van der Waals surface area contributed by atoms with Crippen molar-refractivity contribution in [2.24, 2.45) is 0 Å². The molecule has 1 aliphatic rings. The van der Waals surface area contributed by atoms with Gasteiger partial charge in [0.15, 0.2) is 11.5 Å². The van der Waals surface area contributed by atoms with Gasteiger partial charge in [-0.3, -0.25) is 4.90 Å². The molecule has 0 aliphatic carbocycles. The second-order valence-electron chi connectivity index (χ2n) is 8.98. The first-order valence-corrected chi connectivity index (χ1v) is 12.6. The minimum Gasteiger partial charge on any atom is -0.493 e. The Bertz CT molecular complexity index is 1230. The Kier molecular flexibility index (Phi) is 9.19. The SMILES string of the molecule is COCCNc1nc(NCCc2ccc(OC)c(OC)c2)c(C#N)c2c1CN(Cc1ccccc1)CC2. The molecule has 37 heavy (non-hydrogen) atoms. The van der Waals surface area contributed by atoms with Crippen LogP contribution in [0.15, 0.2) is 48.5 Å². The Morgan fingerprint density at radius 1 is 0.919 bits per heavy atom. The van der Waals surface area contributed by atoms with Crippen molar-refractivity contribution in [2.75, 3.05) is 58.2 Å². The fourth-order valence-corrected chi connectivity index (χ4v) is 4.69. The van der Waals surface area contributed by atoms with Gasteiger partial charge in [0, 0.05) is 45.4 Å². The van der Waals surface area contributed by atoms with Crippen LogP contribution in [0, 0.1) is 11.3 Å². The van der Waals surface area contributed by atoms with Gasteiger partial charge in [-0.15, -0.1) is 0 Å². The molecule has 194 valence electrons. The van der Waals surface area contributed by atoms with Gasteiger partial charge in [-0.25, -0.2) is 4.98 Å². The molecule has 2 aromatic carbocycles. The lowest BCUT2D eigenvalue weighted by molar-refractivity contribution is 0.210. The normalized spacial score (nSPS) is 12.9. The van der Waals surface area contributed by atoms with E-state index in [1.165, 1.54) is 5.56 Å². The van der Waals surface area contributed by atoms with Gasteiger partial charge < -0.3 is 24.8 Å². The van der Waals surface area contributed by atoms with Crippen molar-refractivity contribution >= 4 is 11.6 Å². The maximum absolute atomic E-state index is 10.1. The first-order chi connectivity index (χ1) is 18.2. The molecule has 0 unspecified atom stereocenters. The molecule has 0 spiro atoms. The molecule has 0 radical (unpaired) electrons. The van der Waals surface area contributed by atoms with E-state index in [4.69, 9.17) is 19.2 Å². The van der Waals surface area contributed by atoms with Crippen LogP contribution in [-0.4, -0.2) is 57.5 Å². The van der Waals surface area contributed by atoms with E-state index >= 15 is 0 Å². The molecular formula is C29H35N5O3. The largest absolute Gasteiger partial charge is 0.493 e. The number of anilines is 2. The van der Waals surface area contributed by atoms with Crippen LogP contribution in [-0.2, 0) is 30.7 Å². The molecule has 1 aromatic heterocycles. The van der Waals surface area contributed by atoms with Crippen LogP contribution in [0.2, 0.25) is 0 Å². The molecule has 2 N–H and O–H groups in total. The lowest BCUT2D eigenvalue weighted by atomic mass is 9.95. The molecule has 8 heteroatoms. The van der Waals surface area contributed by atoms with Gasteiger partial charge in [-0.1, -0.05) is 36.4 Å². The molecule has 0 saturated heterocycles.